The molecule has 12 heteroatoms. The van der Waals surface area contributed by atoms with Gasteiger partial charge in [-0.1, -0.05) is 60.2 Å². The van der Waals surface area contributed by atoms with Crippen LogP contribution in [0, 0.1) is 5.92 Å². The highest BCUT2D eigenvalue weighted by atomic mass is 35.5. The summed E-state index contributed by atoms with van der Waals surface area (Å²) in [4.78, 5) is 17.1. The van der Waals surface area contributed by atoms with Crippen LogP contribution in [0.1, 0.15) is 24.1 Å². The van der Waals surface area contributed by atoms with Gasteiger partial charge in [0.2, 0.25) is 0 Å². The highest BCUT2D eigenvalue weighted by Crippen LogP contribution is 2.58. The van der Waals surface area contributed by atoms with Gasteiger partial charge in [-0.15, -0.1) is 0 Å². The average molecular weight is 492 g/mol. The van der Waals surface area contributed by atoms with Gasteiger partial charge in [0.25, 0.3) is 10.0 Å². The molecule has 0 bridgehead atoms. The molecule has 0 saturated heterocycles. The number of rotatable bonds is 7. The van der Waals surface area contributed by atoms with Gasteiger partial charge < -0.3 is 5.11 Å². The summed E-state index contributed by atoms with van der Waals surface area (Å²) in [7, 11) is -4.08. The molecule has 1 saturated carbocycles. The summed E-state index contributed by atoms with van der Waals surface area (Å²) in [6, 6.07) is 9.08. The third-order valence-corrected chi connectivity index (χ3v) is 8.93. The zero-order valence-electron chi connectivity index (χ0n) is 16.7. The van der Waals surface area contributed by atoms with E-state index in [9.17, 15) is 18.3 Å². The molecule has 1 aromatic carbocycles. The molecule has 3 atom stereocenters. The minimum absolute atomic E-state index is 0.000204. The van der Waals surface area contributed by atoms with Crippen molar-refractivity contribution < 1.29 is 18.3 Å². The van der Waals surface area contributed by atoms with E-state index in [1.807, 2.05) is 30.3 Å². The maximum absolute atomic E-state index is 13.1. The maximum Gasteiger partial charge on any atom is 0.325 e. The van der Waals surface area contributed by atoms with Crippen LogP contribution >= 0.6 is 22.9 Å². The van der Waals surface area contributed by atoms with E-state index < -0.39 is 33.4 Å². The van der Waals surface area contributed by atoms with Crippen molar-refractivity contribution >= 4 is 43.9 Å². The number of aliphatic carboxylic acids is 1. The standard InChI is InChI=1S/C20H18ClN5O4S2/c1-12-17(13-5-3-2-4-6-13)20(12,18(27)28)24-32(29,30)16-11-25-9-15(23-19(25)31-16)10-26-8-14(21)7-22-26/h2-9,11-12,17,24H,10H2,1H3,(H,27,28)/t12-,17-,20+/m1/s1. The molecule has 0 radical (unpaired) electrons. The van der Waals surface area contributed by atoms with Crippen molar-refractivity contribution in [2.75, 3.05) is 0 Å². The third kappa shape index (κ3) is 3.41. The van der Waals surface area contributed by atoms with Gasteiger partial charge in [0.1, 0.15) is 5.54 Å². The summed E-state index contributed by atoms with van der Waals surface area (Å²) in [6.45, 7) is 2.13. The number of carbonyl (C=O) groups is 1. The fraction of sp³-hybridized carbons (Fsp3) is 0.250. The molecule has 0 aliphatic heterocycles. The molecule has 32 heavy (non-hydrogen) atoms. The van der Waals surface area contributed by atoms with Crippen LogP contribution in [-0.4, -0.2) is 44.2 Å². The monoisotopic (exact) mass is 491 g/mol. The van der Waals surface area contributed by atoms with Gasteiger partial charge in [0.15, 0.2) is 9.17 Å². The van der Waals surface area contributed by atoms with Gasteiger partial charge in [-0.2, -0.15) is 9.82 Å². The summed E-state index contributed by atoms with van der Waals surface area (Å²) in [5.74, 6) is -2.04. The van der Waals surface area contributed by atoms with Gasteiger partial charge in [-0.25, -0.2) is 13.4 Å². The molecule has 0 amide bonds. The SMILES string of the molecule is C[C@@H]1[C@H](c2ccccc2)[C@]1(NS(=O)(=O)c1cn2cc(Cn3cc(Cl)cn3)nc2s1)C(=O)O. The molecule has 166 valence electrons. The topological polar surface area (TPSA) is 119 Å². The molecule has 2 N–H and O–H groups in total. The Morgan fingerprint density at radius 3 is 2.66 bits per heavy atom. The predicted molar refractivity (Wildman–Crippen MR) is 118 cm³/mol. The van der Waals surface area contributed by atoms with Crippen LogP contribution in [0.2, 0.25) is 5.02 Å². The number of imidazole rings is 1. The second-order valence-corrected chi connectivity index (χ2v) is 11.1. The van der Waals surface area contributed by atoms with Gasteiger partial charge in [-0.05, 0) is 11.5 Å². The van der Waals surface area contributed by atoms with E-state index in [1.54, 1.807) is 28.4 Å². The molecular weight excluding hydrogens is 474 g/mol. The minimum atomic E-state index is -4.08. The third-order valence-electron chi connectivity index (χ3n) is 5.79. The number of thiazole rings is 1. The number of hydrogen-bond acceptors (Lipinski definition) is 6. The van der Waals surface area contributed by atoms with Gasteiger partial charge in [-0.3, -0.25) is 13.9 Å². The van der Waals surface area contributed by atoms with Crippen LogP contribution in [0.25, 0.3) is 4.96 Å². The van der Waals surface area contributed by atoms with Crippen molar-refractivity contribution in [3.8, 4) is 0 Å². The Morgan fingerprint density at radius 1 is 1.28 bits per heavy atom. The Kier molecular flexibility index (Phi) is 4.89. The highest BCUT2D eigenvalue weighted by molar-refractivity contribution is 7.91. The predicted octanol–water partition coefficient (Wildman–Crippen LogP) is 2.83. The first-order valence-corrected chi connectivity index (χ1v) is 12.4. The Hall–Kier alpha value is -2.73. The first kappa shape index (κ1) is 21.1. The number of halogens is 1. The minimum Gasteiger partial charge on any atom is -0.480 e. The maximum atomic E-state index is 13.1. The quantitative estimate of drug-likeness (QED) is 0.410. The summed E-state index contributed by atoms with van der Waals surface area (Å²) in [5.41, 5.74) is -0.110. The lowest BCUT2D eigenvalue weighted by Gasteiger charge is -2.15. The van der Waals surface area contributed by atoms with Crippen LogP contribution in [0.4, 0.5) is 0 Å². The molecular formula is C20H18ClN5O4S2. The van der Waals surface area contributed by atoms with Crippen molar-refractivity contribution in [3.05, 3.63) is 71.4 Å². The summed E-state index contributed by atoms with van der Waals surface area (Å²) < 4.78 is 32.0. The van der Waals surface area contributed by atoms with Gasteiger partial charge in [0.05, 0.1) is 23.5 Å². The fourth-order valence-corrected chi connectivity index (χ4v) is 7.05. The number of hydrogen-bond donors (Lipinski definition) is 2. The molecule has 3 aromatic heterocycles. The van der Waals surface area contributed by atoms with E-state index in [0.29, 0.717) is 22.2 Å². The lowest BCUT2D eigenvalue weighted by Crippen LogP contribution is -2.45. The Bertz CT molecular complexity index is 1400. The van der Waals surface area contributed by atoms with Crippen molar-refractivity contribution in [1.82, 2.24) is 23.9 Å². The zero-order chi connectivity index (χ0) is 22.7. The second kappa shape index (κ2) is 7.41. The Labute approximate surface area is 192 Å². The number of aromatic nitrogens is 4. The lowest BCUT2D eigenvalue weighted by atomic mass is 10.1. The number of sulfonamides is 1. The largest absolute Gasteiger partial charge is 0.480 e. The van der Waals surface area contributed by atoms with E-state index in [-0.39, 0.29) is 4.21 Å². The molecule has 9 nitrogen and oxygen atoms in total. The van der Waals surface area contributed by atoms with Crippen molar-refractivity contribution in [2.45, 2.75) is 29.1 Å². The number of carboxylic acids is 1. The molecule has 1 aliphatic rings. The first-order chi connectivity index (χ1) is 15.2. The summed E-state index contributed by atoms with van der Waals surface area (Å²) >= 11 is 6.84. The normalized spacial score (nSPS) is 22.9. The Morgan fingerprint density at radius 2 is 2.03 bits per heavy atom. The number of fused-ring (bicyclic) bond motifs is 1. The van der Waals surface area contributed by atoms with Gasteiger partial charge >= 0.3 is 5.97 Å². The van der Waals surface area contributed by atoms with E-state index in [1.165, 1.54) is 12.4 Å². The lowest BCUT2D eigenvalue weighted by molar-refractivity contribution is -0.140. The fourth-order valence-electron chi connectivity index (χ4n) is 4.19. The van der Waals surface area contributed by atoms with E-state index in [4.69, 9.17) is 11.6 Å². The molecule has 5 rings (SSSR count). The zero-order valence-corrected chi connectivity index (χ0v) is 19.1. The molecule has 0 spiro atoms. The number of nitrogens with one attached hydrogen (secondary N) is 1. The number of nitrogens with zero attached hydrogens (tertiary/aromatic N) is 4. The number of benzene rings is 1. The molecule has 0 unspecified atom stereocenters. The first-order valence-electron chi connectivity index (χ1n) is 9.68. The molecule has 1 aliphatic carbocycles. The van der Waals surface area contributed by atoms with Crippen LogP contribution in [0.3, 0.4) is 0 Å². The summed E-state index contributed by atoms with van der Waals surface area (Å²) in [5, 5.41) is 14.6. The van der Waals surface area contributed by atoms with Crippen molar-refractivity contribution in [1.29, 1.82) is 0 Å². The van der Waals surface area contributed by atoms with E-state index >= 15 is 0 Å². The highest BCUT2D eigenvalue weighted by Gasteiger charge is 2.70. The molecule has 4 aromatic rings. The average Bonchev–Trinajstić information content (AvgIpc) is 3.15. The van der Waals surface area contributed by atoms with Crippen molar-refractivity contribution in [2.24, 2.45) is 5.92 Å². The number of carboxylic acid groups (broad SMARTS) is 1. The van der Waals surface area contributed by atoms with Crippen molar-refractivity contribution in [3.63, 3.8) is 0 Å². The summed E-state index contributed by atoms with van der Waals surface area (Å²) in [6.07, 6.45) is 6.34. The smallest absolute Gasteiger partial charge is 0.325 e. The molecule has 1 fully saturated rings. The van der Waals surface area contributed by atoms with Gasteiger partial charge in [0, 0.05) is 24.5 Å². The van der Waals surface area contributed by atoms with E-state index in [2.05, 4.69) is 14.8 Å². The van der Waals surface area contributed by atoms with E-state index in [0.717, 1.165) is 16.9 Å². The van der Waals surface area contributed by atoms with Crippen LogP contribution in [-0.2, 0) is 21.4 Å². The van der Waals surface area contributed by atoms with Crippen LogP contribution in [0.5, 0.6) is 0 Å². The van der Waals surface area contributed by atoms with Crippen LogP contribution < -0.4 is 4.72 Å². The Balaban J connectivity index is 1.41. The van der Waals surface area contributed by atoms with Crippen LogP contribution in [0.15, 0.2) is 59.3 Å². The second-order valence-electron chi connectivity index (χ2n) is 7.79. The molecule has 3 heterocycles.